The molecule has 5 heterocycles. The number of imidazole rings is 1. The van der Waals surface area contributed by atoms with E-state index in [1.54, 1.807) is 12.3 Å². The number of carbonyl (C=O) groups is 2. The molecule has 10 heteroatoms. The number of aromatic nitrogens is 3. The van der Waals surface area contributed by atoms with Gasteiger partial charge in [-0.05, 0) is 42.9 Å². The van der Waals surface area contributed by atoms with Crippen LogP contribution in [0.3, 0.4) is 0 Å². The maximum Gasteiger partial charge on any atom is 0.414 e. The molecule has 0 saturated carbocycles. The maximum atomic E-state index is 13.2. The third-order valence-electron chi connectivity index (χ3n) is 6.89. The number of amides is 2. The molecule has 1 saturated heterocycles. The summed E-state index contributed by atoms with van der Waals surface area (Å²) in [5.41, 5.74) is 4.89. The van der Waals surface area contributed by atoms with Crippen LogP contribution in [0.5, 0.6) is 0 Å². The van der Waals surface area contributed by atoms with E-state index in [0.29, 0.717) is 22.6 Å². The molecule has 4 aromatic rings. The minimum atomic E-state index is -1.28. The zero-order valence-corrected chi connectivity index (χ0v) is 19.8. The number of likely N-dealkylation sites (N-methyl/N-ethyl adjacent to an activating group) is 1. The summed E-state index contributed by atoms with van der Waals surface area (Å²) in [6.45, 7) is 3.88. The molecule has 2 aliphatic heterocycles. The molecule has 1 fully saturated rings. The summed E-state index contributed by atoms with van der Waals surface area (Å²) in [4.78, 5) is 39.4. The highest BCUT2D eigenvalue weighted by molar-refractivity contribution is 6.11. The zero-order chi connectivity index (χ0) is 24.8. The van der Waals surface area contributed by atoms with Gasteiger partial charge in [0.2, 0.25) is 0 Å². The minimum Gasteiger partial charge on any atom is -0.465 e. The van der Waals surface area contributed by atoms with Crippen LogP contribution in [0.2, 0.25) is 0 Å². The summed E-state index contributed by atoms with van der Waals surface area (Å²) in [6, 6.07) is 13.3. The van der Waals surface area contributed by atoms with Gasteiger partial charge in [-0.15, -0.1) is 0 Å². The molecule has 36 heavy (non-hydrogen) atoms. The molecule has 182 valence electrons. The number of nitrogens with one attached hydrogen (secondary N) is 1. The monoisotopic (exact) mass is 483 g/mol. The van der Waals surface area contributed by atoms with E-state index < -0.39 is 12.0 Å². The van der Waals surface area contributed by atoms with Crippen molar-refractivity contribution in [2.45, 2.75) is 6.54 Å². The van der Waals surface area contributed by atoms with Gasteiger partial charge in [0, 0.05) is 37.9 Å². The van der Waals surface area contributed by atoms with Crippen LogP contribution in [-0.4, -0.2) is 74.5 Å². The average molecular weight is 484 g/mol. The van der Waals surface area contributed by atoms with Crippen LogP contribution in [0.4, 0.5) is 22.0 Å². The topological polar surface area (TPSA) is 106 Å². The normalized spacial score (nSPS) is 16.0. The number of carboxylic acid groups (broad SMARTS) is 1. The molecule has 0 bridgehead atoms. The molecule has 0 unspecified atom stereocenters. The lowest BCUT2D eigenvalue weighted by Crippen LogP contribution is -2.44. The first-order valence-corrected chi connectivity index (χ1v) is 11.8. The summed E-state index contributed by atoms with van der Waals surface area (Å²) >= 11 is 0. The predicted molar refractivity (Wildman–Crippen MR) is 136 cm³/mol. The molecule has 2 amide bonds. The third-order valence-corrected chi connectivity index (χ3v) is 6.89. The van der Waals surface area contributed by atoms with Crippen molar-refractivity contribution >= 4 is 34.8 Å². The van der Waals surface area contributed by atoms with Gasteiger partial charge in [0.25, 0.3) is 5.91 Å². The molecule has 0 atom stereocenters. The van der Waals surface area contributed by atoms with Gasteiger partial charge in [-0.25, -0.2) is 19.7 Å². The Labute approximate surface area is 207 Å². The second-order valence-corrected chi connectivity index (χ2v) is 9.08. The van der Waals surface area contributed by atoms with Gasteiger partial charge in [0.1, 0.15) is 11.5 Å². The molecule has 1 aromatic carbocycles. The summed E-state index contributed by atoms with van der Waals surface area (Å²) in [5, 5.41) is 12.9. The van der Waals surface area contributed by atoms with E-state index in [2.05, 4.69) is 32.1 Å². The smallest absolute Gasteiger partial charge is 0.414 e. The van der Waals surface area contributed by atoms with Gasteiger partial charge < -0.3 is 20.2 Å². The summed E-state index contributed by atoms with van der Waals surface area (Å²) < 4.78 is 1.93. The maximum absolute atomic E-state index is 13.2. The van der Waals surface area contributed by atoms with E-state index in [1.165, 1.54) is 0 Å². The Hall–Kier alpha value is -4.44. The molecule has 3 aromatic heterocycles. The second kappa shape index (κ2) is 8.65. The second-order valence-electron chi connectivity index (χ2n) is 9.08. The predicted octanol–water partition coefficient (Wildman–Crippen LogP) is 3.53. The Morgan fingerprint density at radius 1 is 1.00 bits per heavy atom. The van der Waals surface area contributed by atoms with Crippen molar-refractivity contribution < 1.29 is 14.7 Å². The molecular weight excluding hydrogens is 458 g/mol. The number of pyridine rings is 2. The molecule has 2 N–H and O–H groups in total. The van der Waals surface area contributed by atoms with Gasteiger partial charge in [0.05, 0.1) is 41.6 Å². The molecule has 0 aliphatic carbocycles. The first kappa shape index (κ1) is 22.1. The number of anilines is 3. The van der Waals surface area contributed by atoms with Crippen LogP contribution >= 0.6 is 0 Å². The summed E-state index contributed by atoms with van der Waals surface area (Å²) in [7, 11) is 2.12. The first-order chi connectivity index (χ1) is 17.5. The SMILES string of the molecule is CN1CCN(c2ccc(Nc3ccc(-c4cnc5ccccn45)c4c3C(=O)N(C(=O)O)C4)nc2)CC1. The number of hydrogen-bond acceptors (Lipinski definition) is 7. The van der Waals surface area contributed by atoms with Crippen LogP contribution in [0.1, 0.15) is 15.9 Å². The third kappa shape index (κ3) is 3.72. The van der Waals surface area contributed by atoms with Crippen molar-refractivity contribution in [3.05, 3.63) is 72.2 Å². The van der Waals surface area contributed by atoms with Crippen LogP contribution in [-0.2, 0) is 6.54 Å². The van der Waals surface area contributed by atoms with Gasteiger partial charge in [-0.2, -0.15) is 0 Å². The molecule has 10 nitrogen and oxygen atoms in total. The Balaban J connectivity index is 1.35. The Kier molecular flexibility index (Phi) is 5.30. The highest BCUT2D eigenvalue weighted by atomic mass is 16.4. The fraction of sp³-hybridized carbons (Fsp3) is 0.231. The quantitative estimate of drug-likeness (QED) is 0.454. The number of piperazine rings is 1. The van der Waals surface area contributed by atoms with E-state index in [-0.39, 0.29) is 6.54 Å². The lowest BCUT2D eigenvalue weighted by molar-refractivity contribution is 0.0764. The number of benzene rings is 1. The van der Waals surface area contributed by atoms with E-state index in [1.807, 2.05) is 53.2 Å². The van der Waals surface area contributed by atoms with Crippen LogP contribution in [0.15, 0.2) is 61.1 Å². The van der Waals surface area contributed by atoms with Crippen molar-refractivity contribution in [1.82, 2.24) is 24.2 Å². The lowest BCUT2D eigenvalue weighted by atomic mass is 9.99. The number of imide groups is 1. The highest BCUT2D eigenvalue weighted by Gasteiger charge is 2.36. The van der Waals surface area contributed by atoms with Gasteiger partial charge in [0.15, 0.2) is 0 Å². The Morgan fingerprint density at radius 2 is 1.83 bits per heavy atom. The molecule has 6 rings (SSSR count). The van der Waals surface area contributed by atoms with Crippen molar-refractivity contribution in [1.29, 1.82) is 0 Å². The number of hydrogen-bond donors (Lipinski definition) is 2. The van der Waals surface area contributed by atoms with Crippen LogP contribution in [0.25, 0.3) is 16.9 Å². The fourth-order valence-corrected chi connectivity index (χ4v) is 4.90. The lowest BCUT2D eigenvalue weighted by Gasteiger charge is -2.33. The highest BCUT2D eigenvalue weighted by Crippen LogP contribution is 2.38. The zero-order valence-electron chi connectivity index (χ0n) is 19.8. The van der Waals surface area contributed by atoms with Crippen LogP contribution in [0, 0.1) is 0 Å². The largest absolute Gasteiger partial charge is 0.465 e. The van der Waals surface area contributed by atoms with E-state index in [9.17, 15) is 14.7 Å². The van der Waals surface area contributed by atoms with Crippen molar-refractivity contribution in [2.24, 2.45) is 0 Å². The summed E-state index contributed by atoms with van der Waals surface area (Å²) in [6.07, 6.45) is 4.19. The molecule has 0 spiro atoms. The van der Waals surface area contributed by atoms with E-state index in [0.717, 1.165) is 53.7 Å². The molecular formula is C26H25N7O3. The first-order valence-electron chi connectivity index (χ1n) is 11.8. The van der Waals surface area contributed by atoms with Crippen molar-refractivity contribution in [3.63, 3.8) is 0 Å². The minimum absolute atomic E-state index is 0.0236. The number of carbonyl (C=O) groups excluding carboxylic acids is 1. The molecule has 2 aliphatic rings. The summed E-state index contributed by atoms with van der Waals surface area (Å²) in [5.74, 6) is 0.0314. The van der Waals surface area contributed by atoms with Crippen molar-refractivity contribution in [3.8, 4) is 11.3 Å². The fourth-order valence-electron chi connectivity index (χ4n) is 4.90. The number of nitrogens with zero attached hydrogens (tertiary/aromatic N) is 6. The van der Waals surface area contributed by atoms with Gasteiger partial charge in [-0.3, -0.25) is 9.20 Å². The standard InChI is InChI=1S/C26H25N7O3/c1-30-10-12-31(13-11-30)17-5-8-22(27-14-17)29-20-7-6-18(19-16-33(26(35)36)25(34)24(19)20)21-15-28-23-4-2-3-9-32(21)23/h2-9,14-15H,10-13,16H2,1H3,(H,27,29)(H,35,36). The van der Waals surface area contributed by atoms with Gasteiger partial charge in [-0.1, -0.05) is 12.1 Å². The number of rotatable bonds is 4. The molecule has 0 radical (unpaired) electrons. The Bertz CT molecular complexity index is 1470. The average Bonchev–Trinajstić information content (AvgIpc) is 3.47. The Morgan fingerprint density at radius 3 is 2.58 bits per heavy atom. The number of fused-ring (bicyclic) bond motifs is 2. The van der Waals surface area contributed by atoms with E-state index in [4.69, 9.17) is 0 Å². The van der Waals surface area contributed by atoms with E-state index >= 15 is 0 Å². The van der Waals surface area contributed by atoms with Crippen LogP contribution < -0.4 is 10.2 Å². The van der Waals surface area contributed by atoms with Gasteiger partial charge >= 0.3 is 6.09 Å². The van der Waals surface area contributed by atoms with Crippen molar-refractivity contribution in [2.75, 3.05) is 43.4 Å².